The summed E-state index contributed by atoms with van der Waals surface area (Å²) < 4.78 is 14.9. The molecule has 0 aliphatic heterocycles. The van der Waals surface area contributed by atoms with E-state index >= 15 is 0 Å². The van der Waals surface area contributed by atoms with Crippen molar-refractivity contribution >= 4 is 22.4 Å². The number of carbonyl (C=O) groups excluding carboxylic acids is 1. The molecule has 0 spiro atoms. The molecule has 0 radical (unpaired) electrons. The molecule has 0 saturated carbocycles. The summed E-state index contributed by atoms with van der Waals surface area (Å²) in [5, 5.41) is 7.67. The van der Waals surface area contributed by atoms with E-state index in [1.165, 1.54) is 23.5 Å². The number of rotatable bonds is 4. The fourth-order valence-electron chi connectivity index (χ4n) is 2.95. The quantitative estimate of drug-likeness (QED) is 0.531. The van der Waals surface area contributed by atoms with Crippen LogP contribution in [0.25, 0.3) is 16.9 Å². The van der Waals surface area contributed by atoms with Crippen LogP contribution in [0.5, 0.6) is 0 Å². The second kappa shape index (κ2) is 7.36. The van der Waals surface area contributed by atoms with Gasteiger partial charge in [0, 0.05) is 10.4 Å². The molecule has 2 aromatic carbocycles. The predicted octanol–water partition coefficient (Wildman–Crippen LogP) is 5.00. The summed E-state index contributed by atoms with van der Waals surface area (Å²) in [4.78, 5) is 18.2. The summed E-state index contributed by atoms with van der Waals surface area (Å²) in [5.41, 5.74) is 3.67. The maximum absolute atomic E-state index is 13.1. The zero-order chi connectivity index (χ0) is 19.7. The van der Waals surface area contributed by atoms with Crippen molar-refractivity contribution in [2.24, 2.45) is 0 Å². The van der Waals surface area contributed by atoms with Crippen molar-refractivity contribution in [1.29, 1.82) is 0 Å². The van der Waals surface area contributed by atoms with Crippen molar-refractivity contribution in [3.63, 3.8) is 0 Å². The lowest BCUT2D eigenvalue weighted by molar-refractivity contribution is 0.102. The molecule has 1 amide bonds. The van der Waals surface area contributed by atoms with Gasteiger partial charge in [0.15, 0.2) is 5.13 Å². The Kier molecular flexibility index (Phi) is 4.75. The summed E-state index contributed by atoms with van der Waals surface area (Å²) >= 11 is 1.38. The van der Waals surface area contributed by atoms with Gasteiger partial charge in [-0.3, -0.25) is 10.1 Å². The molecule has 7 heteroatoms. The van der Waals surface area contributed by atoms with Crippen LogP contribution in [0.2, 0.25) is 0 Å². The Morgan fingerprint density at radius 1 is 1.07 bits per heavy atom. The normalized spacial score (nSPS) is 10.8. The molecule has 4 rings (SSSR count). The van der Waals surface area contributed by atoms with Crippen LogP contribution in [-0.4, -0.2) is 20.7 Å². The molecule has 1 N–H and O–H groups in total. The molecule has 0 aliphatic carbocycles. The van der Waals surface area contributed by atoms with Gasteiger partial charge in [0.05, 0.1) is 28.8 Å². The number of para-hydroxylation sites is 1. The van der Waals surface area contributed by atoms with Crippen molar-refractivity contribution in [3.8, 4) is 16.9 Å². The molecule has 140 valence electrons. The Morgan fingerprint density at radius 2 is 1.79 bits per heavy atom. The Bertz CT molecular complexity index is 1130. The van der Waals surface area contributed by atoms with Crippen LogP contribution >= 0.6 is 11.3 Å². The third kappa shape index (κ3) is 3.44. The standard InChI is InChI=1S/C21H17FN4OS/c1-13-18(12-23-26(13)17-6-4-3-5-7-17)20(27)25-21-24-19(14(2)28-21)15-8-10-16(22)11-9-15/h3-12H,1-2H3,(H,24,25,27). The van der Waals surface area contributed by atoms with Crippen LogP contribution in [0.15, 0.2) is 60.8 Å². The molecular weight excluding hydrogens is 375 g/mol. The average molecular weight is 392 g/mol. The molecule has 0 fully saturated rings. The van der Waals surface area contributed by atoms with E-state index in [0.29, 0.717) is 10.7 Å². The third-order valence-corrected chi connectivity index (χ3v) is 5.28. The van der Waals surface area contributed by atoms with E-state index < -0.39 is 0 Å². The Hall–Kier alpha value is -3.32. The van der Waals surface area contributed by atoms with E-state index in [9.17, 15) is 9.18 Å². The molecule has 2 aromatic heterocycles. The minimum absolute atomic E-state index is 0.265. The summed E-state index contributed by atoms with van der Waals surface area (Å²) in [7, 11) is 0. The number of nitrogens with one attached hydrogen (secondary N) is 1. The number of amides is 1. The lowest BCUT2D eigenvalue weighted by atomic mass is 10.1. The van der Waals surface area contributed by atoms with E-state index in [4.69, 9.17) is 0 Å². The van der Waals surface area contributed by atoms with Gasteiger partial charge in [-0.05, 0) is 50.2 Å². The van der Waals surface area contributed by atoms with E-state index in [1.807, 2.05) is 44.2 Å². The molecule has 0 unspecified atom stereocenters. The lowest BCUT2D eigenvalue weighted by Gasteiger charge is -2.05. The topological polar surface area (TPSA) is 59.8 Å². The van der Waals surface area contributed by atoms with Gasteiger partial charge in [0.2, 0.25) is 0 Å². The number of thiazole rings is 1. The number of nitrogens with zero attached hydrogens (tertiary/aromatic N) is 3. The van der Waals surface area contributed by atoms with E-state index in [0.717, 1.165) is 27.5 Å². The molecule has 5 nitrogen and oxygen atoms in total. The van der Waals surface area contributed by atoms with Gasteiger partial charge in [-0.1, -0.05) is 18.2 Å². The maximum Gasteiger partial charge on any atom is 0.260 e. The summed E-state index contributed by atoms with van der Waals surface area (Å²) in [6.07, 6.45) is 1.55. The fraction of sp³-hybridized carbons (Fsp3) is 0.0952. The summed E-state index contributed by atoms with van der Waals surface area (Å²) in [6, 6.07) is 15.8. The van der Waals surface area contributed by atoms with Crippen LogP contribution < -0.4 is 5.32 Å². The van der Waals surface area contributed by atoms with E-state index in [2.05, 4.69) is 15.4 Å². The number of carbonyl (C=O) groups is 1. The number of halogens is 1. The van der Waals surface area contributed by atoms with Crippen LogP contribution in [0.1, 0.15) is 20.9 Å². The van der Waals surface area contributed by atoms with Crippen molar-refractivity contribution in [2.45, 2.75) is 13.8 Å². The summed E-state index contributed by atoms with van der Waals surface area (Å²) in [6.45, 7) is 3.77. The Balaban J connectivity index is 1.57. The lowest BCUT2D eigenvalue weighted by Crippen LogP contribution is -2.13. The van der Waals surface area contributed by atoms with Crippen LogP contribution in [0, 0.1) is 19.7 Å². The third-order valence-electron chi connectivity index (χ3n) is 4.39. The van der Waals surface area contributed by atoms with E-state index in [1.54, 1.807) is 23.0 Å². The number of anilines is 1. The first-order valence-electron chi connectivity index (χ1n) is 8.67. The number of aryl methyl sites for hydroxylation is 1. The fourth-order valence-corrected chi connectivity index (χ4v) is 3.78. The van der Waals surface area contributed by atoms with Gasteiger partial charge in [0.1, 0.15) is 5.82 Å². The molecule has 0 saturated heterocycles. The first-order valence-corrected chi connectivity index (χ1v) is 9.49. The minimum Gasteiger partial charge on any atom is -0.298 e. The van der Waals surface area contributed by atoms with Crippen LogP contribution in [0.3, 0.4) is 0 Å². The van der Waals surface area contributed by atoms with Gasteiger partial charge in [-0.2, -0.15) is 5.10 Å². The van der Waals surface area contributed by atoms with Gasteiger partial charge in [-0.15, -0.1) is 11.3 Å². The number of hydrogen-bond acceptors (Lipinski definition) is 4. The Morgan fingerprint density at radius 3 is 2.50 bits per heavy atom. The van der Waals surface area contributed by atoms with Gasteiger partial charge >= 0.3 is 0 Å². The first kappa shape index (κ1) is 18.1. The predicted molar refractivity (Wildman–Crippen MR) is 108 cm³/mol. The molecule has 2 heterocycles. The molecule has 4 aromatic rings. The average Bonchev–Trinajstić information content (AvgIpc) is 3.25. The van der Waals surface area contributed by atoms with Crippen LogP contribution in [0.4, 0.5) is 9.52 Å². The highest BCUT2D eigenvalue weighted by atomic mass is 32.1. The SMILES string of the molecule is Cc1sc(NC(=O)c2cnn(-c3ccccc3)c2C)nc1-c1ccc(F)cc1. The van der Waals surface area contributed by atoms with Gasteiger partial charge in [-0.25, -0.2) is 14.1 Å². The second-order valence-electron chi connectivity index (χ2n) is 6.28. The number of benzene rings is 2. The van der Waals surface area contributed by atoms with Crippen molar-refractivity contribution in [2.75, 3.05) is 5.32 Å². The monoisotopic (exact) mass is 392 g/mol. The molecule has 28 heavy (non-hydrogen) atoms. The highest BCUT2D eigenvalue weighted by Crippen LogP contribution is 2.30. The van der Waals surface area contributed by atoms with Crippen LogP contribution in [-0.2, 0) is 0 Å². The van der Waals surface area contributed by atoms with Crippen molar-refractivity contribution < 1.29 is 9.18 Å². The van der Waals surface area contributed by atoms with E-state index in [-0.39, 0.29) is 11.7 Å². The molecule has 0 aliphatic rings. The minimum atomic E-state index is -0.295. The van der Waals surface area contributed by atoms with Gasteiger partial charge in [0.25, 0.3) is 5.91 Å². The molecule has 0 atom stereocenters. The van der Waals surface area contributed by atoms with Crippen molar-refractivity contribution in [1.82, 2.24) is 14.8 Å². The largest absolute Gasteiger partial charge is 0.298 e. The number of hydrogen-bond donors (Lipinski definition) is 1. The first-order chi connectivity index (χ1) is 13.5. The van der Waals surface area contributed by atoms with Crippen molar-refractivity contribution in [3.05, 3.63) is 82.7 Å². The second-order valence-corrected chi connectivity index (χ2v) is 7.48. The summed E-state index contributed by atoms with van der Waals surface area (Å²) in [5.74, 6) is -0.560. The zero-order valence-corrected chi connectivity index (χ0v) is 16.1. The Labute approximate surface area is 165 Å². The molecule has 0 bridgehead atoms. The molecular formula is C21H17FN4OS. The number of aromatic nitrogens is 3. The highest BCUT2D eigenvalue weighted by Gasteiger charge is 2.18. The van der Waals surface area contributed by atoms with Gasteiger partial charge < -0.3 is 0 Å². The highest BCUT2D eigenvalue weighted by molar-refractivity contribution is 7.16. The smallest absolute Gasteiger partial charge is 0.260 e. The maximum atomic E-state index is 13.1. The zero-order valence-electron chi connectivity index (χ0n) is 15.3.